The van der Waals surface area contributed by atoms with E-state index < -0.39 is 0 Å². The molecule has 0 spiro atoms. The van der Waals surface area contributed by atoms with E-state index >= 15 is 0 Å². The Labute approximate surface area is 85.4 Å². The Morgan fingerprint density at radius 1 is 1.57 bits per heavy atom. The number of hydrogen-bond donors (Lipinski definition) is 1. The summed E-state index contributed by atoms with van der Waals surface area (Å²) in [6.45, 7) is 5.81. The van der Waals surface area contributed by atoms with Crippen molar-refractivity contribution in [3.63, 3.8) is 0 Å². The van der Waals surface area contributed by atoms with Crippen LogP contribution in [0.3, 0.4) is 0 Å². The molecule has 0 radical (unpaired) electrons. The van der Waals surface area contributed by atoms with Gasteiger partial charge in [-0.25, -0.2) is 0 Å². The Kier molecular flexibility index (Phi) is 3.72. The van der Waals surface area contributed by atoms with Gasteiger partial charge in [0, 0.05) is 6.04 Å². The normalized spacial score (nSPS) is 12.2. The third-order valence-corrected chi connectivity index (χ3v) is 2.35. The molecule has 0 aromatic heterocycles. The third kappa shape index (κ3) is 2.15. The molecule has 0 aliphatic heterocycles. The van der Waals surface area contributed by atoms with Crippen LogP contribution < -0.4 is 10.5 Å². The summed E-state index contributed by atoms with van der Waals surface area (Å²) in [7, 11) is 1.66. The molecule has 1 aromatic rings. The maximum atomic E-state index is 5.92. The molecule has 1 atom stereocenters. The van der Waals surface area contributed by atoms with Crippen LogP contribution in [0.5, 0.6) is 5.75 Å². The van der Waals surface area contributed by atoms with Crippen molar-refractivity contribution in [2.75, 3.05) is 7.11 Å². The highest BCUT2D eigenvalue weighted by Crippen LogP contribution is 2.23. The van der Waals surface area contributed by atoms with Crippen LogP contribution in [0, 0.1) is 0 Å². The van der Waals surface area contributed by atoms with Crippen LogP contribution in [0.1, 0.15) is 24.1 Å². The molecule has 0 bridgehead atoms. The average molecular weight is 191 g/mol. The first kappa shape index (κ1) is 10.8. The van der Waals surface area contributed by atoms with Crippen LogP contribution in [-0.4, -0.2) is 7.11 Å². The Hall–Kier alpha value is -1.28. The number of methoxy groups -OCH3 is 1. The van der Waals surface area contributed by atoms with Crippen LogP contribution in [-0.2, 0) is 6.42 Å². The topological polar surface area (TPSA) is 35.2 Å². The van der Waals surface area contributed by atoms with Gasteiger partial charge in [-0.2, -0.15) is 0 Å². The van der Waals surface area contributed by atoms with Crippen molar-refractivity contribution in [3.8, 4) is 5.75 Å². The second kappa shape index (κ2) is 4.82. The quantitative estimate of drug-likeness (QED) is 0.742. The van der Waals surface area contributed by atoms with Gasteiger partial charge in [-0.1, -0.05) is 19.1 Å². The van der Waals surface area contributed by atoms with Gasteiger partial charge < -0.3 is 10.5 Å². The lowest BCUT2D eigenvalue weighted by Crippen LogP contribution is -2.09. The van der Waals surface area contributed by atoms with Crippen LogP contribution in [0.25, 0.3) is 0 Å². The first-order valence-corrected chi connectivity index (χ1v) is 4.77. The zero-order chi connectivity index (χ0) is 10.6. The van der Waals surface area contributed by atoms with E-state index in [9.17, 15) is 0 Å². The standard InChI is InChI=1S/C12H17NO/c1-4-9-6-7-10(14-3)8-11(9)12(13)5-2/h5-8,12H,2,4,13H2,1,3H3. The Balaban J connectivity index is 3.14. The first-order chi connectivity index (χ1) is 6.72. The molecule has 0 fully saturated rings. The molecule has 0 saturated carbocycles. The molecule has 0 heterocycles. The van der Waals surface area contributed by atoms with E-state index in [1.54, 1.807) is 13.2 Å². The first-order valence-electron chi connectivity index (χ1n) is 4.77. The number of benzene rings is 1. The summed E-state index contributed by atoms with van der Waals surface area (Å²) in [6.07, 6.45) is 2.72. The molecule has 1 unspecified atom stereocenters. The molecule has 2 N–H and O–H groups in total. The summed E-state index contributed by atoms with van der Waals surface area (Å²) >= 11 is 0. The summed E-state index contributed by atoms with van der Waals surface area (Å²) in [5.41, 5.74) is 8.27. The van der Waals surface area contributed by atoms with Gasteiger partial charge in [0.05, 0.1) is 7.11 Å². The predicted octanol–water partition coefficient (Wildman–Crippen LogP) is 2.44. The maximum absolute atomic E-state index is 5.92. The fourth-order valence-electron chi connectivity index (χ4n) is 1.46. The molecule has 0 amide bonds. The highest BCUT2D eigenvalue weighted by atomic mass is 16.5. The number of ether oxygens (including phenoxy) is 1. The average Bonchev–Trinajstić information content (AvgIpc) is 2.27. The van der Waals surface area contributed by atoms with Gasteiger partial charge in [-0.05, 0) is 29.7 Å². The number of nitrogens with two attached hydrogens (primary N) is 1. The summed E-state index contributed by atoms with van der Waals surface area (Å²) in [4.78, 5) is 0. The lowest BCUT2D eigenvalue weighted by atomic mass is 9.99. The Morgan fingerprint density at radius 3 is 2.79 bits per heavy atom. The summed E-state index contributed by atoms with van der Waals surface area (Å²) in [6, 6.07) is 5.88. The second-order valence-electron chi connectivity index (χ2n) is 3.18. The van der Waals surface area contributed by atoms with Gasteiger partial charge in [0.15, 0.2) is 0 Å². The maximum Gasteiger partial charge on any atom is 0.119 e. The lowest BCUT2D eigenvalue weighted by molar-refractivity contribution is 0.414. The second-order valence-corrected chi connectivity index (χ2v) is 3.18. The molecule has 0 saturated heterocycles. The zero-order valence-electron chi connectivity index (χ0n) is 8.79. The van der Waals surface area contributed by atoms with Crippen molar-refractivity contribution in [1.29, 1.82) is 0 Å². The summed E-state index contributed by atoms with van der Waals surface area (Å²) in [5.74, 6) is 0.842. The minimum atomic E-state index is -0.111. The predicted molar refractivity (Wildman–Crippen MR) is 59.5 cm³/mol. The molecule has 2 heteroatoms. The SMILES string of the molecule is C=CC(N)c1cc(OC)ccc1CC. The fourth-order valence-corrected chi connectivity index (χ4v) is 1.46. The van der Waals surface area contributed by atoms with Crippen molar-refractivity contribution in [2.45, 2.75) is 19.4 Å². The summed E-state index contributed by atoms with van der Waals surface area (Å²) in [5, 5.41) is 0. The van der Waals surface area contributed by atoms with Crippen molar-refractivity contribution in [3.05, 3.63) is 42.0 Å². The third-order valence-electron chi connectivity index (χ3n) is 2.35. The van der Waals surface area contributed by atoms with Gasteiger partial charge in [-0.15, -0.1) is 6.58 Å². The monoisotopic (exact) mass is 191 g/mol. The van der Waals surface area contributed by atoms with E-state index in [0.717, 1.165) is 17.7 Å². The van der Waals surface area contributed by atoms with Crippen molar-refractivity contribution in [2.24, 2.45) is 5.73 Å². The number of aryl methyl sites for hydroxylation is 1. The van der Waals surface area contributed by atoms with E-state index in [4.69, 9.17) is 10.5 Å². The molecule has 1 aromatic carbocycles. The summed E-state index contributed by atoms with van der Waals surface area (Å²) < 4.78 is 5.16. The minimum absolute atomic E-state index is 0.111. The van der Waals surface area contributed by atoms with E-state index in [1.807, 2.05) is 12.1 Å². The fraction of sp³-hybridized carbons (Fsp3) is 0.333. The Bertz CT molecular complexity index is 320. The van der Waals surface area contributed by atoms with Gasteiger partial charge in [0.25, 0.3) is 0 Å². The van der Waals surface area contributed by atoms with Crippen LogP contribution in [0.4, 0.5) is 0 Å². The van der Waals surface area contributed by atoms with Crippen molar-refractivity contribution >= 4 is 0 Å². The number of rotatable bonds is 4. The highest BCUT2D eigenvalue weighted by Gasteiger charge is 2.07. The molecular weight excluding hydrogens is 174 g/mol. The van der Waals surface area contributed by atoms with Crippen LogP contribution in [0.2, 0.25) is 0 Å². The largest absolute Gasteiger partial charge is 0.497 e. The molecule has 0 aliphatic carbocycles. The van der Waals surface area contributed by atoms with E-state index in [0.29, 0.717) is 0 Å². The van der Waals surface area contributed by atoms with E-state index in [-0.39, 0.29) is 6.04 Å². The lowest BCUT2D eigenvalue weighted by Gasteiger charge is -2.13. The van der Waals surface area contributed by atoms with E-state index in [2.05, 4.69) is 19.6 Å². The highest BCUT2D eigenvalue weighted by molar-refractivity contribution is 5.39. The van der Waals surface area contributed by atoms with Gasteiger partial charge in [0.1, 0.15) is 5.75 Å². The van der Waals surface area contributed by atoms with Crippen LogP contribution >= 0.6 is 0 Å². The molecular formula is C12H17NO. The van der Waals surface area contributed by atoms with Crippen molar-refractivity contribution < 1.29 is 4.74 Å². The van der Waals surface area contributed by atoms with Crippen molar-refractivity contribution in [1.82, 2.24) is 0 Å². The minimum Gasteiger partial charge on any atom is -0.497 e. The van der Waals surface area contributed by atoms with Crippen LogP contribution in [0.15, 0.2) is 30.9 Å². The molecule has 76 valence electrons. The Morgan fingerprint density at radius 2 is 2.29 bits per heavy atom. The van der Waals surface area contributed by atoms with Gasteiger partial charge in [-0.3, -0.25) is 0 Å². The van der Waals surface area contributed by atoms with E-state index in [1.165, 1.54) is 5.56 Å². The molecule has 1 rings (SSSR count). The molecule has 14 heavy (non-hydrogen) atoms. The van der Waals surface area contributed by atoms with Gasteiger partial charge in [0.2, 0.25) is 0 Å². The smallest absolute Gasteiger partial charge is 0.119 e. The molecule has 0 aliphatic rings. The molecule has 2 nitrogen and oxygen atoms in total. The van der Waals surface area contributed by atoms with Gasteiger partial charge >= 0.3 is 0 Å². The zero-order valence-corrected chi connectivity index (χ0v) is 8.79. The number of hydrogen-bond acceptors (Lipinski definition) is 2.